The molecule has 0 unspecified atom stereocenters. The number of anilines is 1. The van der Waals surface area contributed by atoms with E-state index in [2.05, 4.69) is 51.6 Å². The van der Waals surface area contributed by atoms with E-state index in [1.54, 1.807) is 6.21 Å². The zero-order valence-electron chi connectivity index (χ0n) is 15.2. The maximum atomic E-state index is 6.13. The third kappa shape index (κ3) is 5.42. The molecule has 0 aliphatic heterocycles. The van der Waals surface area contributed by atoms with E-state index >= 15 is 0 Å². The highest BCUT2D eigenvalue weighted by molar-refractivity contribution is 7.80. The van der Waals surface area contributed by atoms with Gasteiger partial charge in [0, 0.05) is 23.5 Å². The molecule has 0 atom stereocenters. The van der Waals surface area contributed by atoms with Crippen molar-refractivity contribution in [2.24, 2.45) is 5.10 Å². The predicted octanol–water partition coefficient (Wildman–Crippen LogP) is 5.13. The Morgan fingerprint density at radius 3 is 2.67 bits per heavy atom. The highest BCUT2D eigenvalue weighted by Crippen LogP contribution is 2.19. The molecule has 1 heterocycles. The second-order valence-corrected chi connectivity index (χ2v) is 7.15. The average molecular weight is 397 g/mol. The quantitative estimate of drug-likeness (QED) is 0.357. The summed E-state index contributed by atoms with van der Waals surface area (Å²) in [4.78, 5) is 0. The van der Waals surface area contributed by atoms with Gasteiger partial charge in [0.15, 0.2) is 5.11 Å². The van der Waals surface area contributed by atoms with Crippen molar-refractivity contribution in [2.75, 3.05) is 5.32 Å². The topological polar surface area (TPSA) is 41.4 Å². The van der Waals surface area contributed by atoms with Gasteiger partial charge < -0.3 is 9.88 Å². The number of hydrogen-bond donors (Lipinski definition) is 2. The van der Waals surface area contributed by atoms with Crippen LogP contribution in [0, 0.1) is 13.8 Å². The number of benzene rings is 2. The van der Waals surface area contributed by atoms with Gasteiger partial charge in [-0.15, -0.1) is 0 Å². The van der Waals surface area contributed by atoms with Crippen LogP contribution < -0.4 is 10.7 Å². The van der Waals surface area contributed by atoms with Crippen LogP contribution in [0.3, 0.4) is 0 Å². The van der Waals surface area contributed by atoms with Crippen molar-refractivity contribution in [2.45, 2.75) is 20.4 Å². The van der Waals surface area contributed by atoms with Gasteiger partial charge in [0.05, 0.1) is 11.9 Å². The van der Waals surface area contributed by atoms with E-state index in [4.69, 9.17) is 23.8 Å². The summed E-state index contributed by atoms with van der Waals surface area (Å²) in [6.45, 7) is 4.84. The molecule has 27 heavy (non-hydrogen) atoms. The maximum Gasteiger partial charge on any atom is 0.191 e. The largest absolute Gasteiger partial charge is 0.342 e. The Hall–Kier alpha value is -2.63. The summed E-state index contributed by atoms with van der Waals surface area (Å²) in [5, 5.41) is 8.40. The minimum atomic E-state index is 0.405. The zero-order chi connectivity index (χ0) is 19.2. The minimum absolute atomic E-state index is 0.405. The monoisotopic (exact) mass is 396 g/mol. The summed E-state index contributed by atoms with van der Waals surface area (Å²) in [6.07, 6.45) is 3.79. The second-order valence-electron chi connectivity index (χ2n) is 6.33. The summed E-state index contributed by atoms with van der Waals surface area (Å²) < 4.78 is 2.13. The molecule has 3 rings (SSSR count). The molecule has 0 radical (unpaired) electrons. The van der Waals surface area contributed by atoms with Crippen molar-refractivity contribution >= 4 is 40.8 Å². The number of hydrogen-bond acceptors (Lipinski definition) is 2. The zero-order valence-corrected chi connectivity index (χ0v) is 16.8. The van der Waals surface area contributed by atoms with Crippen LogP contribution in [-0.4, -0.2) is 15.9 Å². The molecule has 4 nitrogen and oxygen atoms in total. The van der Waals surface area contributed by atoms with Crippen molar-refractivity contribution < 1.29 is 0 Å². The third-order valence-corrected chi connectivity index (χ3v) is 4.73. The number of aromatic nitrogens is 1. The number of halogens is 1. The summed E-state index contributed by atoms with van der Waals surface area (Å²) in [6, 6.07) is 18.2. The summed E-state index contributed by atoms with van der Waals surface area (Å²) >= 11 is 11.4. The average Bonchev–Trinajstić information content (AvgIpc) is 3.07. The SMILES string of the molecule is Cc1ccc(Cn2cccc2/C=N/NC(=S)Nc2ccc(C)c(Cl)c2)cc1. The highest BCUT2D eigenvalue weighted by Gasteiger charge is 2.02. The highest BCUT2D eigenvalue weighted by atomic mass is 35.5. The second kappa shape index (κ2) is 8.84. The first kappa shape index (κ1) is 19.1. The van der Waals surface area contributed by atoms with Crippen molar-refractivity contribution in [1.29, 1.82) is 0 Å². The van der Waals surface area contributed by atoms with Gasteiger partial charge in [-0.1, -0.05) is 47.5 Å². The van der Waals surface area contributed by atoms with Gasteiger partial charge in [-0.2, -0.15) is 5.10 Å². The Kier molecular flexibility index (Phi) is 6.27. The van der Waals surface area contributed by atoms with Crippen LogP contribution in [0.5, 0.6) is 0 Å². The lowest BCUT2D eigenvalue weighted by Crippen LogP contribution is -2.24. The number of thiocarbonyl (C=S) groups is 1. The molecule has 1 aromatic heterocycles. The molecule has 0 fully saturated rings. The lowest BCUT2D eigenvalue weighted by Gasteiger charge is -2.09. The van der Waals surface area contributed by atoms with Crippen LogP contribution in [0.15, 0.2) is 65.9 Å². The van der Waals surface area contributed by atoms with Gasteiger partial charge >= 0.3 is 0 Å². The molecule has 3 aromatic rings. The van der Waals surface area contributed by atoms with E-state index in [9.17, 15) is 0 Å². The van der Waals surface area contributed by atoms with E-state index in [0.29, 0.717) is 10.1 Å². The van der Waals surface area contributed by atoms with E-state index in [0.717, 1.165) is 23.5 Å². The van der Waals surface area contributed by atoms with E-state index in [-0.39, 0.29) is 0 Å². The van der Waals surface area contributed by atoms with E-state index in [1.165, 1.54) is 11.1 Å². The van der Waals surface area contributed by atoms with Crippen LogP contribution in [0.25, 0.3) is 0 Å². The van der Waals surface area contributed by atoms with Gasteiger partial charge in [-0.25, -0.2) is 0 Å². The fourth-order valence-electron chi connectivity index (χ4n) is 2.57. The van der Waals surface area contributed by atoms with Gasteiger partial charge in [0.1, 0.15) is 0 Å². The molecule has 2 N–H and O–H groups in total. The maximum absolute atomic E-state index is 6.13. The summed E-state index contributed by atoms with van der Waals surface area (Å²) in [5.74, 6) is 0. The molecular formula is C21H21ClN4S. The van der Waals surface area contributed by atoms with E-state index in [1.807, 2.05) is 43.5 Å². The first-order valence-corrected chi connectivity index (χ1v) is 9.37. The molecule has 0 amide bonds. The molecule has 0 spiro atoms. The lowest BCUT2D eigenvalue weighted by molar-refractivity contribution is 0.798. The molecule has 0 bridgehead atoms. The van der Waals surface area contributed by atoms with Crippen LogP contribution in [0.4, 0.5) is 5.69 Å². The first-order chi connectivity index (χ1) is 13.0. The Bertz CT molecular complexity index is 961. The number of hydrazone groups is 1. The Labute approximate surface area is 169 Å². The minimum Gasteiger partial charge on any atom is -0.342 e. The Balaban J connectivity index is 1.58. The Morgan fingerprint density at radius 1 is 1.15 bits per heavy atom. The van der Waals surface area contributed by atoms with Crippen LogP contribution in [0.1, 0.15) is 22.4 Å². The molecular weight excluding hydrogens is 376 g/mol. The molecule has 0 aliphatic rings. The smallest absolute Gasteiger partial charge is 0.191 e. The fraction of sp³-hybridized carbons (Fsp3) is 0.143. The number of nitrogens with one attached hydrogen (secondary N) is 2. The standard InChI is InChI=1S/C21H21ClN4S/c1-15-5-8-17(9-6-15)14-26-11-3-4-19(26)13-23-25-21(27)24-18-10-7-16(2)20(22)12-18/h3-13H,14H2,1-2H3,(H2,24,25,27)/b23-13+. The van der Waals surface area contributed by atoms with Gasteiger partial charge in [-0.3, -0.25) is 5.43 Å². The van der Waals surface area contributed by atoms with Crippen LogP contribution in [0.2, 0.25) is 5.02 Å². The predicted molar refractivity (Wildman–Crippen MR) is 118 cm³/mol. The lowest BCUT2D eigenvalue weighted by atomic mass is 10.1. The number of rotatable bonds is 5. The number of nitrogens with zero attached hydrogens (tertiary/aromatic N) is 2. The van der Waals surface area contributed by atoms with Crippen molar-refractivity contribution in [3.8, 4) is 0 Å². The van der Waals surface area contributed by atoms with E-state index < -0.39 is 0 Å². The Morgan fingerprint density at radius 2 is 1.93 bits per heavy atom. The molecule has 0 aliphatic carbocycles. The van der Waals surface area contributed by atoms with Gasteiger partial charge in [0.25, 0.3) is 0 Å². The molecule has 6 heteroatoms. The molecule has 138 valence electrons. The molecule has 0 saturated carbocycles. The van der Waals surface area contributed by atoms with Crippen molar-refractivity contribution in [3.63, 3.8) is 0 Å². The first-order valence-electron chi connectivity index (χ1n) is 8.58. The van der Waals surface area contributed by atoms with Crippen molar-refractivity contribution in [3.05, 3.63) is 88.2 Å². The van der Waals surface area contributed by atoms with Gasteiger partial charge in [-0.05, 0) is 61.5 Å². The van der Waals surface area contributed by atoms with Gasteiger partial charge in [0.2, 0.25) is 0 Å². The normalized spacial score (nSPS) is 10.9. The summed E-state index contributed by atoms with van der Waals surface area (Å²) in [5.41, 5.74) is 8.17. The molecule has 0 saturated heterocycles. The summed E-state index contributed by atoms with van der Waals surface area (Å²) in [7, 11) is 0. The van der Waals surface area contributed by atoms with Crippen LogP contribution in [-0.2, 0) is 6.54 Å². The van der Waals surface area contributed by atoms with Crippen molar-refractivity contribution in [1.82, 2.24) is 9.99 Å². The molecule has 2 aromatic carbocycles. The number of aryl methyl sites for hydroxylation is 2. The fourth-order valence-corrected chi connectivity index (χ4v) is 2.92. The third-order valence-electron chi connectivity index (χ3n) is 4.13. The van der Waals surface area contributed by atoms with Crippen LogP contribution >= 0.6 is 23.8 Å².